The maximum absolute atomic E-state index is 11.8. The van der Waals surface area contributed by atoms with Gasteiger partial charge >= 0.3 is 0 Å². The smallest absolute Gasteiger partial charge is 0.148 e. The quantitative estimate of drug-likeness (QED) is 0.139. The summed E-state index contributed by atoms with van der Waals surface area (Å²) in [5.41, 5.74) is 17.3. The summed E-state index contributed by atoms with van der Waals surface area (Å²) in [6.45, 7) is 14.7. The van der Waals surface area contributed by atoms with E-state index in [4.69, 9.17) is 11.3 Å². The summed E-state index contributed by atoms with van der Waals surface area (Å²) in [6, 6.07) is 58.8. The van der Waals surface area contributed by atoms with Gasteiger partial charge in [-0.15, -0.1) is 23.8 Å². The van der Waals surface area contributed by atoms with Crippen molar-refractivity contribution >= 4 is 11.0 Å². The molecule has 63 heavy (non-hydrogen) atoms. The first-order chi connectivity index (χ1) is 30.3. The largest absolute Gasteiger partial charge is 0.507 e. The van der Waals surface area contributed by atoms with E-state index in [0.717, 1.165) is 95.6 Å². The predicted molar refractivity (Wildman–Crippen MR) is 259 cm³/mol. The molecule has 0 aliphatic carbocycles. The minimum Gasteiger partial charge on any atom is -0.507 e. The summed E-state index contributed by atoms with van der Waals surface area (Å²) in [7, 11) is 0. The molecular weight excluding hydrogens is 950 g/mol. The molecule has 0 fully saturated rings. The first kappa shape index (κ1) is 42.0. The van der Waals surface area contributed by atoms with Crippen LogP contribution in [-0.2, 0) is 26.5 Å². The van der Waals surface area contributed by atoms with E-state index in [1.807, 2.05) is 63.4 Å². The summed E-state index contributed by atoms with van der Waals surface area (Å²) in [5.74, 6) is 0.202. The van der Waals surface area contributed by atoms with Crippen LogP contribution in [0, 0.1) is 19.9 Å². The van der Waals surface area contributed by atoms with Crippen LogP contribution in [0.2, 0.25) is 0 Å². The van der Waals surface area contributed by atoms with E-state index in [-0.39, 0.29) is 32.2 Å². The Morgan fingerprint density at radius 2 is 1.35 bits per heavy atom. The number of aromatic hydroxyl groups is 1. The molecule has 2 aromatic heterocycles. The minimum atomic E-state index is -0.676. The number of hydrogen-bond acceptors (Lipinski definition) is 3. The van der Waals surface area contributed by atoms with Gasteiger partial charge in [0.05, 0.1) is 22.3 Å². The van der Waals surface area contributed by atoms with Gasteiger partial charge < -0.3 is 5.11 Å². The van der Waals surface area contributed by atoms with Crippen molar-refractivity contribution in [1.29, 1.82) is 0 Å². The van der Waals surface area contributed by atoms with Gasteiger partial charge in [-0.2, -0.15) is 0 Å². The van der Waals surface area contributed by atoms with E-state index in [1.54, 1.807) is 0 Å². The zero-order chi connectivity index (χ0) is 44.0. The van der Waals surface area contributed by atoms with Gasteiger partial charge in [0.1, 0.15) is 11.6 Å². The fourth-order valence-electron chi connectivity index (χ4n) is 8.48. The molecule has 7 aromatic carbocycles. The number of pyridine rings is 1. The summed E-state index contributed by atoms with van der Waals surface area (Å²) >= 11 is 0. The van der Waals surface area contributed by atoms with E-state index in [0.29, 0.717) is 11.4 Å². The monoisotopic (exact) mass is 1000 g/mol. The molecule has 0 amide bonds. The van der Waals surface area contributed by atoms with E-state index >= 15 is 0 Å². The molecule has 0 aliphatic rings. The Hall–Kier alpha value is -6.35. The third-order valence-electron chi connectivity index (χ3n) is 12.5. The van der Waals surface area contributed by atoms with Crippen LogP contribution in [0.3, 0.4) is 0 Å². The van der Waals surface area contributed by atoms with Crippen molar-refractivity contribution in [1.82, 2.24) is 14.5 Å². The number of hydrogen-bond donors (Lipinski definition) is 1. The van der Waals surface area contributed by atoms with Crippen LogP contribution in [0.15, 0.2) is 164 Å². The van der Waals surface area contributed by atoms with Gasteiger partial charge in [0.25, 0.3) is 0 Å². The van der Waals surface area contributed by atoms with Crippen molar-refractivity contribution in [2.24, 2.45) is 0 Å². The molecule has 2 heterocycles. The van der Waals surface area contributed by atoms with Crippen molar-refractivity contribution in [2.45, 2.75) is 66.2 Å². The molecule has 9 rings (SSSR count). The van der Waals surface area contributed by atoms with Crippen molar-refractivity contribution in [3.8, 4) is 78.6 Å². The molecule has 0 aliphatic heterocycles. The normalized spacial score (nSPS) is 12.0. The molecule has 9 aromatic rings. The van der Waals surface area contributed by atoms with Gasteiger partial charge in [0.15, 0.2) is 0 Å². The molecule has 5 heteroatoms. The maximum Gasteiger partial charge on any atom is 0.148 e. The zero-order valence-electron chi connectivity index (χ0n) is 37.9. The van der Waals surface area contributed by atoms with E-state index in [9.17, 15) is 5.11 Å². The van der Waals surface area contributed by atoms with Crippen LogP contribution in [-0.4, -0.2) is 19.6 Å². The Morgan fingerprint density at radius 1 is 0.667 bits per heavy atom. The SMILES string of the molecule is [2H]C(C)(C)c1ccc(-c2ccnc(-c3[c-]c(-c4cccc5c4nc(-c4cc(C)cc(C)c4O)n5-c4ccc(C(C)(C)CC)cc4-c4ccccc4)cc(-c4ccccc4)c3)c2)cc1.[Pt]. The Bertz CT molecular complexity index is 3130. The standard InChI is InChI=1S/C58H52N3O.Pt/c1-8-58(6,7)48-26-27-53(50(36-48)43-18-13-10-14-19-43)61-54-21-15-20-49(55(54)60-57(61)51-31-38(4)30-39(5)56(51)62)46-32-45(41-16-11-9-12-17-41)33-47(34-46)52-35-44(28-29-59-52)42-24-22-40(23-25-42)37(2)3;/h9-33,35-37,62H,8H2,1-7H3;/q-1;/i37D;. The number of fused-ring (bicyclic) bond motifs is 1. The summed E-state index contributed by atoms with van der Waals surface area (Å²) in [4.78, 5) is 10.4. The zero-order valence-corrected chi connectivity index (χ0v) is 39.2. The molecule has 0 saturated heterocycles. The fraction of sp³-hybridized carbons (Fsp3) is 0.172. The predicted octanol–water partition coefficient (Wildman–Crippen LogP) is 15.4. The van der Waals surface area contributed by atoms with Gasteiger partial charge in [0.2, 0.25) is 0 Å². The number of nitrogens with zero attached hydrogens (tertiary/aromatic N) is 3. The number of phenols is 1. The first-order valence-corrected chi connectivity index (χ1v) is 21.5. The Labute approximate surface area is 388 Å². The fourth-order valence-corrected chi connectivity index (χ4v) is 8.48. The third-order valence-corrected chi connectivity index (χ3v) is 12.5. The van der Waals surface area contributed by atoms with Gasteiger partial charge in [-0.25, -0.2) is 4.98 Å². The molecule has 0 atom stereocenters. The molecule has 0 unspecified atom stereocenters. The summed E-state index contributed by atoms with van der Waals surface area (Å²) in [6.07, 6.45) is 2.86. The van der Waals surface area contributed by atoms with Crippen LogP contribution in [0.1, 0.15) is 70.6 Å². The molecule has 0 radical (unpaired) electrons. The van der Waals surface area contributed by atoms with Crippen LogP contribution in [0.5, 0.6) is 5.75 Å². The van der Waals surface area contributed by atoms with Crippen molar-refractivity contribution in [2.75, 3.05) is 0 Å². The molecule has 316 valence electrons. The molecule has 4 nitrogen and oxygen atoms in total. The van der Waals surface area contributed by atoms with Crippen LogP contribution < -0.4 is 0 Å². The Morgan fingerprint density at radius 3 is 2.05 bits per heavy atom. The first-order valence-electron chi connectivity index (χ1n) is 22.0. The van der Waals surface area contributed by atoms with Crippen molar-refractivity contribution in [3.63, 3.8) is 0 Å². The van der Waals surface area contributed by atoms with Crippen LogP contribution >= 0.6 is 0 Å². The van der Waals surface area contributed by atoms with E-state index < -0.39 is 5.89 Å². The Balaban J connectivity index is 0.00000560. The number of benzene rings is 7. The van der Waals surface area contributed by atoms with Crippen molar-refractivity contribution in [3.05, 3.63) is 192 Å². The second-order valence-electron chi connectivity index (χ2n) is 17.3. The molecular formula is C58H52N3OPt-. The maximum atomic E-state index is 11.8. The van der Waals surface area contributed by atoms with Crippen molar-refractivity contribution < 1.29 is 27.5 Å². The average molecular weight is 1000 g/mol. The second-order valence-corrected chi connectivity index (χ2v) is 17.3. The minimum absolute atomic E-state index is 0. The molecule has 0 bridgehead atoms. The van der Waals surface area contributed by atoms with Crippen LogP contribution in [0.25, 0.3) is 83.9 Å². The topological polar surface area (TPSA) is 50.9 Å². The third kappa shape index (κ3) is 8.45. The van der Waals surface area contributed by atoms with Gasteiger partial charge in [-0.05, 0) is 106 Å². The summed E-state index contributed by atoms with van der Waals surface area (Å²) in [5, 5.41) is 11.8. The number of phenolic OH excluding ortho intramolecular Hbond substituents is 1. The number of rotatable bonds is 10. The number of aryl methyl sites for hydroxylation is 2. The van der Waals surface area contributed by atoms with Gasteiger partial charge in [-0.1, -0.05) is 167 Å². The number of para-hydroxylation sites is 1. The number of aromatic nitrogens is 3. The van der Waals surface area contributed by atoms with E-state index in [2.05, 4.69) is 160 Å². The molecule has 1 N–H and O–H groups in total. The molecule has 0 saturated carbocycles. The molecule has 0 spiro atoms. The summed E-state index contributed by atoms with van der Waals surface area (Å²) < 4.78 is 10.7. The Kier molecular flexibility index (Phi) is 11.9. The van der Waals surface area contributed by atoms with Crippen LogP contribution in [0.4, 0.5) is 0 Å². The second kappa shape index (κ2) is 17.8. The van der Waals surface area contributed by atoms with E-state index in [1.165, 1.54) is 5.56 Å². The van der Waals surface area contributed by atoms with Gasteiger partial charge in [-0.3, -0.25) is 9.55 Å². The average Bonchev–Trinajstić information content (AvgIpc) is 3.69. The van der Waals surface area contributed by atoms with Gasteiger partial charge in [0, 0.05) is 39.9 Å². The number of imidazole rings is 1.